The number of nitrogens with zero attached hydrogens (tertiary/aromatic N) is 3. The van der Waals surface area contributed by atoms with Crippen LogP contribution in [-0.4, -0.2) is 31.4 Å². The van der Waals surface area contributed by atoms with Gasteiger partial charge in [-0.1, -0.05) is 6.07 Å². The molecule has 0 radical (unpaired) electrons. The van der Waals surface area contributed by atoms with Crippen LogP contribution in [0.25, 0.3) is 0 Å². The summed E-state index contributed by atoms with van der Waals surface area (Å²) in [6.07, 6.45) is 3.39. The first-order valence-corrected chi connectivity index (χ1v) is 9.67. The van der Waals surface area contributed by atoms with Crippen LogP contribution in [0.1, 0.15) is 28.7 Å². The Bertz CT molecular complexity index is 919. The minimum atomic E-state index is -3.78. The zero-order valence-electron chi connectivity index (χ0n) is 15.5. The average Bonchev–Trinajstić information content (AvgIpc) is 2.62. The highest BCUT2D eigenvalue weighted by atomic mass is 32.2. The van der Waals surface area contributed by atoms with Gasteiger partial charge in [0.25, 0.3) is 0 Å². The van der Waals surface area contributed by atoms with Crippen molar-refractivity contribution in [2.45, 2.75) is 38.6 Å². The molecule has 0 unspecified atom stereocenters. The molecular weight excluding hydrogens is 350 g/mol. The zero-order chi connectivity index (χ0) is 19.3. The van der Waals surface area contributed by atoms with Crippen LogP contribution in [0.4, 0.5) is 0 Å². The van der Waals surface area contributed by atoms with Crippen LogP contribution >= 0.6 is 0 Å². The van der Waals surface area contributed by atoms with E-state index in [0.29, 0.717) is 16.9 Å². The number of aryl methyl sites for hydroxylation is 1. The molecule has 0 spiro atoms. The summed E-state index contributed by atoms with van der Waals surface area (Å²) >= 11 is 0. The van der Waals surface area contributed by atoms with Crippen LogP contribution in [0.3, 0.4) is 0 Å². The predicted molar refractivity (Wildman–Crippen MR) is 99.3 cm³/mol. The average molecular weight is 373 g/mol. The van der Waals surface area contributed by atoms with Crippen LogP contribution < -0.4 is 4.74 Å². The fourth-order valence-electron chi connectivity index (χ4n) is 2.91. The number of ether oxygens (including phenoxy) is 1. The maximum Gasteiger partial charge on any atom is 0.243 e. The SMILES string of the molecule is COc1cc(C)c(S(=O)(=O)N(CCC#N)Cc2cccnc2)c(C)c1C. The first kappa shape index (κ1) is 19.9. The Morgan fingerprint density at radius 1 is 1.27 bits per heavy atom. The number of hydrogen-bond acceptors (Lipinski definition) is 5. The topological polar surface area (TPSA) is 83.3 Å². The largest absolute Gasteiger partial charge is 0.496 e. The van der Waals surface area contributed by atoms with Gasteiger partial charge >= 0.3 is 0 Å². The Balaban J connectivity index is 2.53. The number of aromatic nitrogens is 1. The summed E-state index contributed by atoms with van der Waals surface area (Å²) in [6.45, 7) is 5.67. The van der Waals surface area contributed by atoms with Crippen LogP contribution in [0, 0.1) is 32.1 Å². The van der Waals surface area contributed by atoms with Crippen molar-refractivity contribution in [3.05, 3.63) is 52.8 Å². The molecule has 0 aliphatic rings. The van der Waals surface area contributed by atoms with Crippen molar-refractivity contribution in [3.8, 4) is 11.8 Å². The molecule has 0 N–H and O–H groups in total. The van der Waals surface area contributed by atoms with E-state index in [-0.39, 0.29) is 24.4 Å². The second kappa shape index (κ2) is 8.30. The second-order valence-corrected chi connectivity index (χ2v) is 7.96. The summed E-state index contributed by atoms with van der Waals surface area (Å²) in [5, 5.41) is 8.94. The molecule has 0 amide bonds. The standard InChI is InChI=1S/C19H23N3O3S/c1-14-11-18(25-4)15(2)16(3)19(14)26(23,24)22(10-6-8-20)13-17-7-5-9-21-12-17/h5,7,9,11-12H,6,10,13H2,1-4H3. The zero-order valence-corrected chi connectivity index (χ0v) is 16.3. The van der Waals surface area contributed by atoms with E-state index in [1.54, 1.807) is 45.5 Å². The van der Waals surface area contributed by atoms with Gasteiger partial charge in [0.2, 0.25) is 10.0 Å². The Kier molecular flexibility index (Phi) is 6.35. The molecule has 0 saturated carbocycles. The molecule has 7 heteroatoms. The Labute approximate surface area is 155 Å². The van der Waals surface area contributed by atoms with Crippen molar-refractivity contribution in [2.24, 2.45) is 0 Å². The lowest BCUT2D eigenvalue weighted by Gasteiger charge is -2.24. The van der Waals surface area contributed by atoms with E-state index in [0.717, 1.165) is 11.1 Å². The van der Waals surface area contributed by atoms with Crippen molar-refractivity contribution in [3.63, 3.8) is 0 Å². The van der Waals surface area contributed by atoms with Crippen molar-refractivity contribution in [1.82, 2.24) is 9.29 Å². The molecule has 0 bridgehead atoms. The lowest BCUT2D eigenvalue weighted by molar-refractivity contribution is 0.406. The molecule has 1 heterocycles. The van der Waals surface area contributed by atoms with Gasteiger partial charge in [0.1, 0.15) is 5.75 Å². The molecule has 138 valence electrons. The number of methoxy groups -OCH3 is 1. The normalized spacial score (nSPS) is 11.4. The maximum atomic E-state index is 13.4. The lowest BCUT2D eigenvalue weighted by Crippen LogP contribution is -2.32. The van der Waals surface area contributed by atoms with Gasteiger partial charge < -0.3 is 4.74 Å². The van der Waals surface area contributed by atoms with Crippen molar-refractivity contribution >= 4 is 10.0 Å². The summed E-state index contributed by atoms with van der Waals surface area (Å²) in [5.41, 5.74) is 2.85. The first-order chi connectivity index (χ1) is 12.3. The molecule has 2 aromatic rings. The highest BCUT2D eigenvalue weighted by molar-refractivity contribution is 7.89. The summed E-state index contributed by atoms with van der Waals surface area (Å²) in [7, 11) is -2.21. The Morgan fingerprint density at radius 3 is 2.58 bits per heavy atom. The smallest absolute Gasteiger partial charge is 0.243 e. The van der Waals surface area contributed by atoms with E-state index in [2.05, 4.69) is 4.98 Å². The minimum Gasteiger partial charge on any atom is -0.496 e. The summed E-state index contributed by atoms with van der Waals surface area (Å²) in [6, 6.07) is 7.35. The molecule has 1 aromatic heterocycles. The number of nitriles is 1. The molecule has 0 atom stereocenters. The molecule has 0 saturated heterocycles. The number of hydrogen-bond donors (Lipinski definition) is 0. The van der Waals surface area contributed by atoms with E-state index < -0.39 is 10.0 Å². The van der Waals surface area contributed by atoms with Crippen LogP contribution in [0.5, 0.6) is 5.75 Å². The lowest BCUT2D eigenvalue weighted by atomic mass is 10.1. The van der Waals surface area contributed by atoms with Gasteiger partial charge in [-0.05, 0) is 55.2 Å². The van der Waals surface area contributed by atoms with Crippen molar-refractivity contribution < 1.29 is 13.2 Å². The van der Waals surface area contributed by atoms with Gasteiger partial charge in [-0.15, -0.1) is 0 Å². The second-order valence-electron chi connectivity index (χ2n) is 6.08. The molecule has 0 aliphatic heterocycles. The van der Waals surface area contributed by atoms with E-state index in [4.69, 9.17) is 10.00 Å². The summed E-state index contributed by atoms with van der Waals surface area (Å²) in [5.74, 6) is 0.662. The molecule has 0 fully saturated rings. The summed E-state index contributed by atoms with van der Waals surface area (Å²) < 4.78 is 33.5. The van der Waals surface area contributed by atoms with Gasteiger partial charge in [-0.2, -0.15) is 9.57 Å². The Hall–Kier alpha value is -2.43. The van der Waals surface area contributed by atoms with Gasteiger partial charge in [-0.3, -0.25) is 4.98 Å². The number of sulfonamides is 1. The number of benzene rings is 1. The fourth-order valence-corrected chi connectivity index (χ4v) is 4.83. The van der Waals surface area contributed by atoms with E-state index in [1.807, 2.05) is 19.1 Å². The maximum absolute atomic E-state index is 13.4. The monoisotopic (exact) mass is 373 g/mol. The molecular formula is C19H23N3O3S. The highest BCUT2D eigenvalue weighted by Crippen LogP contribution is 2.32. The van der Waals surface area contributed by atoms with Crippen molar-refractivity contribution in [2.75, 3.05) is 13.7 Å². The van der Waals surface area contributed by atoms with Crippen LogP contribution in [0.15, 0.2) is 35.5 Å². The third kappa shape index (κ3) is 4.03. The highest BCUT2D eigenvalue weighted by Gasteiger charge is 2.29. The summed E-state index contributed by atoms with van der Waals surface area (Å²) in [4.78, 5) is 4.32. The third-order valence-corrected chi connectivity index (χ3v) is 6.49. The molecule has 1 aromatic carbocycles. The van der Waals surface area contributed by atoms with E-state index in [1.165, 1.54) is 4.31 Å². The third-order valence-electron chi connectivity index (χ3n) is 4.35. The van der Waals surface area contributed by atoms with E-state index in [9.17, 15) is 8.42 Å². The molecule has 0 aliphatic carbocycles. The van der Waals surface area contributed by atoms with Gasteiger partial charge in [0, 0.05) is 31.9 Å². The predicted octanol–water partition coefficient (Wildman–Crippen LogP) is 3.12. The number of rotatable bonds is 7. The minimum absolute atomic E-state index is 0.118. The van der Waals surface area contributed by atoms with Gasteiger partial charge in [-0.25, -0.2) is 8.42 Å². The van der Waals surface area contributed by atoms with Gasteiger partial charge in [0.05, 0.1) is 18.1 Å². The molecule has 26 heavy (non-hydrogen) atoms. The van der Waals surface area contributed by atoms with Gasteiger partial charge in [0.15, 0.2) is 0 Å². The number of pyridine rings is 1. The first-order valence-electron chi connectivity index (χ1n) is 8.23. The fraction of sp³-hybridized carbons (Fsp3) is 0.368. The molecule has 6 nitrogen and oxygen atoms in total. The van der Waals surface area contributed by atoms with Crippen molar-refractivity contribution in [1.29, 1.82) is 5.26 Å². The van der Waals surface area contributed by atoms with Crippen LogP contribution in [0.2, 0.25) is 0 Å². The quantitative estimate of drug-likeness (QED) is 0.744. The van der Waals surface area contributed by atoms with Crippen LogP contribution in [-0.2, 0) is 16.6 Å². The molecule has 2 rings (SSSR count). The van der Waals surface area contributed by atoms with E-state index >= 15 is 0 Å². The Morgan fingerprint density at radius 2 is 2.00 bits per heavy atom.